The largest absolute Gasteiger partial charge is 0.507 e. The molecule has 1 aliphatic rings. The molecular formula is C32H36N2O6. The molecule has 0 aromatic heterocycles. The van der Waals surface area contributed by atoms with Crippen molar-refractivity contribution in [3.8, 4) is 17.2 Å². The normalized spacial score (nSPS) is 16.4. The number of methoxy groups -OCH3 is 2. The molecule has 8 nitrogen and oxygen atoms in total. The van der Waals surface area contributed by atoms with Crippen LogP contribution < -0.4 is 14.2 Å². The van der Waals surface area contributed by atoms with Crippen LogP contribution in [0.15, 0.2) is 78.4 Å². The van der Waals surface area contributed by atoms with Gasteiger partial charge in [-0.05, 0) is 60.6 Å². The number of nitrogens with zero attached hydrogens (tertiary/aromatic N) is 2. The minimum Gasteiger partial charge on any atom is -0.507 e. The second-order valence-corrected chi connectivity index (χ2v) is 9.43. The zero-order valence-corrected chi connectivity index (χ0v) is 23.4. The summed E-state index contributed by atoms with van der Waals surface area (Å²) < 4.78 is 16.9. The summed E-state index contributed by atoms with van der Waals surface area (Å²) in [7, 11) is 3.10. The molecule has 1 unspecified atom stereocenters. The molecule has 0 radical (unpaired) electrons. The summed E-state index contributed by atoms with van der Waals surface area (Å²) in [5.41, 5.74) is 2.10. The molecule has 1 fully saturated rings. The Labute approximate surface area is 235 Å². The highest BCUT2D eigenvalue weighted by atomic mass is 16.5. The molecule has 1 heterocycles. The highest BCUT2D eigenvalue weighted by Gasteiger charge is 2.46. The third-order valence-corrected chi connectivity index (χ3v) is 7.20. The van der Waals surface area contributed by atoms with Crippen LogP contribution in [0.1, 0.15) is 36.6 Å². The van der Waals surface area contributed by atoms with Gasteiger partial charge in [0.25, 0.3) is 11.7 Å². The minimum absolute atomic E-state index is 0.0368. The molecule has 1 aliphatic heterocycles. The number of carbonyl (C=O) groups excluding carboxylic acids is 2. The fourth-order valence-electron chi connectivity index (χ4n) is 4.86. The van der Waals surface area contributed by atoms with Crippen LogP contribution in [-0.2, 0) is 16.2 Å². The van der Waals surface area contributed by atoms with E-state index < -0.39 is 17.7 Å². The van der Waals surface area contributed by atoms with Gasteiger partial charge >= 0.3 is 0 Å². The molecule has 4 rings (SSSR count). The lowest BCUT2D eigenvalue weighted by Crippen LogP contribution is -2.38. The third kappa shape index (κ3) is 6.13. The van der Waals surface area contributed by atoms with Crippen LogP contribution in [0, 0.1) is 0 Å². The number of carbonyl (C=O) groups is 2. The van der Waals surface area contributed by atoms with E-state index in [1.165, 1.54) is 4.90 Å². The Morgan fingerprint density at radius 3 is 2.23 bits per heavy atom. The maximum absolute atomic E-state index is 13.4. The molecule has 1 N–H and O–H groups in total. The molecular weight excluding hydrogens is 508 g/mol. The van der Waals surface area contributed by atoms with Crippen molar-refractivity contribution in [3.63, 3.8) is 0 Å². The second-order valence-electron chi connectivity index (χ2n) is 9.43. The summed E-state index contributed by atoms with van der Waals surface area (Å²) >= 11 is 0. The number of likely N-dealkylation sites (tertiary alicyclic amines) is 1. The Hall–Kier alpha value is -4.30. The van der Waals surface area contributed by atoms with Crippen molar-refractivity contribution in [1.29, 1.82) is 0 Å². The summed E-state index contributed by atoms with van der Waals surface area (Å²) in [6.07, 6.45) is 0. The van der Waals surface area contributed by atoms with Gasteiger partial charge < -0.3 is 29.1 Å². The van der Waals surface area contributed by atoms with Crippen molar-refractivity contribution >= 4 is 17.4 Å². The number of ketones is 1. The van der Waals surface area contributed by atoms with Crippen LogP contribution in [0.25, 0.3) is 5.76 Å². The van der Waals surface area contributed by atoms with Crippen molar-refractivity contribution < 1.29 is 28.9 Å². The van der Waals surface area contributed by atoms with Crippen molar-refractivity contribution in [1.82, 2.24) is 9.80 Å². The highest BCUT2D eigenvalue weighted by Crippen LogP contribution is 2.42. The molecule has 210 valence electrons. The molecule has 0 saturated carbocycles. The molecule has 8 heteroatoms. The van der Waals surface area contributed by atoms with Gasteiger partial charge in [-0.25, -0.2) is 0 Å². The van der Waals surface area contributed by atoms with Gasteiger partial charge in [0.05, 0.1) is 25.8 Å². The fourth-order valence-corrected chi connectivity index (χ4v) is 4.86. The first-order valence-corrected chi connectivity index (χ1v) is 13.4. The number of hydrogen-bond donors (Lipinski definition) is 1. The lowest BCUT2D eigenvalue weighted by Gasteiger charge is -2.28. The summed E-state index contributed by atoms with van der Waals surface area (Å²) in [5, 5.41) is 11.4. The number of rotatable bonds is 12. The van der Waals surface area contributed by atoms with E-state index in [9.17, 15) is 14.7 Å². The van der Waals surface area contributed by atoms with Crippen LogP contribution >= 0.6 is 0 Å². The first-order chi connectivity index (χ1) is 19.4. The van der Waals surface area contributed by atoms with Gasteiger partial charge in [0.1, 0.15) is 18.1 Å². The maximum atomic E-state index is 13.4. The number of aliphatic hydroxyl groups is 1. The summed E-state index contributed by atoms with van der Waals surface area (Å²) in [6, 6.07) is 21.1. The Bertz CT molecular complexity index is 1350. The number of benzene rings is 3. The minimum atomic E-state index is -0.797. The van der Waals surface area contributed by atoms with Gasteiger partial charge in [0.15, 0.2) is 11.5 Å². The van der Waals surface area contributed by atoms with Crippen molar-refractivity contribution in [2.24, 2.45) is 0 Å². The molecule has 40 heavy (non-hydrogen) atoms. The SMILES string of the molecule is CCN(CC)CCN1C(=O)C(=O)/C(=C(/O)c2ccc(OC)cc2)C1c1ccc(OCc2ccccc2)c(OC)c1. The average Bonchev–Trinajstić information content (AvgIpc) is 3.25. The van der Waals surface area contributed by atoms with Crippen LogP contribution in [0.4, 0.5) is 0 Å². The van der Waals surface area contributed by atoms with E-state index in [1.807, 2.05) is 36.4 Å². The standard InChI is InChI=1S/C32H36N2O6/c1-5-33(6-2)18-19-34-29(28(31(36)32(34)37)30(35)23-12-15-25(38-3)16-13-23)24-14-17-26(27(20-24)39-4)40-21-22-10-8-7-9-11-22/h7-17,20,29,35H,5-6,18-19,21H2,1-4H3/b30-28+. The Balaban J connectivity index is 1.74. The van der Waals surface area contributed by atoms with E-state index in [-0.39, 0.29) is 11.3 Å². The molecule has 0 aliphatic carbocycles. The monoisotopic (exact) mass is 544 g/mol. The van der Waals surface area contributed by atoms with Crippen LogP contribution in [0.5, 0.6) is 17.2 Å². The summed E-state index contributed by atoms with van der Waals surface area (Å²) in [5.74, 6) is 0.0118. The molecule has 1 atom stereocenters. The number of likely N-dealkylation sites (N-methyl/N-ethyl adjacent to an activating group) is 1. The third-order valence-electron chi connectivity index (χ3n) is 7.20. The van der Waals surface area contributed by atoms with Crippen molar-refractivity contribution in [3.05, 3.63) is 95.1 Å². The van der Waals surface area contributed by atoms with E-state index in [4.69, 9.17) is 14.2 Å². The maximum Gasteiger partial charge on any atom is 0.295 e. The Kier molecular flexibility index (Phi) is 9.45. The first-order valence-electron chi connectivity index (χ1n) is 13.4. The van der Waals surface area contributed by atoms with Gasteiger partial charge in [-0.3, -0.25) is 9.59 Å². The number of ether oxygens (including phenoxy) is 3. The van der Waals surface area contributed by atoms with E-state index in [2.05, 4.69) is 18.7 Å². The van der Waals surface area contributed by atoms with Crippen LogP contribution in [-0.4, -0.2) is 67.0 Å². The predicted octanol–water partition coefficient (Wildman–Crippen LogP) is 5.05. The van der Waals surface area contributed by atoms with Crippen molar-refractivity contribution in [2.75, 3.05) is 40.4 Å². The number of amides is 1. The summed E-state index contributed by atoms with van der Waals surface area (Å²) in [6.45, 7) is 7.02. The number of hydrogen-bond acceptors (Lipinski definition) is 7. The molecule has 0 spiro atoms. The topological polar surface area (TPSA) is 88.5 Å². The quantitative estimate of drug-likeness (QED) is 0.194. The first kappa shape index (κ1) is 28.7. The van der Waals surface area contributed by atoms with Gasteiger partial charge in [-0.1, -0.05) is 50.2 Å². The Morgan fingerprint density at radius 2 is 1.60 bits per heavy atom. The van der Waals surface area contributed by atoms with Crippen LogP contribution in [0.2, 0.25) is 0 Å². The van der Waals surface area contributed by atoms with Gasteiger partial charge in [0.2, 0.25) is 0 Å². The molecule has 1 saturated heterocycles. The van der Waals surface area contributed by atoms with E-state index >= 15 is 0 Å². The number of Topliss-reactive ketones (excluding diaryl/α,β-unsaturated/α-hetero) is 1. The number of aliphatic hydroxyl groups excluding tert-OH is 1. The van der Waals surface area contributed by atoms with Gasteiger partial charge in [-0.2, -0.15) is 0 Å². The predicted molar refractivity (Wildman–Crippen MR) is 154 cm³/mol. The average molecular weight is 545 g/mol. The lowest BCUT2D eigenvalue weighted by molar-refractivity contribution is -0.140. The molecule has 3 aromatic carbocycles. The van der Waals surface area contributed by atoms with Gasteiger partial charge in [0, 0.05) is 18.7 Å². The van der Waals surface area contributed by atoms with Gasteiger partial charge in [-0.15, -0.1) is 0 Å². The fraction of sp³-hybridized carbons (Fsp3) is 0.312. The smallest absolute Gasteiger partial charge is 0.295 e. The highest BCUT2D eigenvalue weighted by molar-refractivity contribution is 6.46. The molecule has 0 bridgehead atoms. The van der Waals surface area contributed by atoms with E-state index in [0.29, 0.717) is 48.1 Å². The van der Waals surface area contributed by atoms with Crippen LogP contribution in [0.3, 0.4) is 0 Å². The summed E-state index contributed by atoms with van der Waals surface area (Å²) in [4.78, 5) is 30.5. The molecule has 1 amide bonds. The Morgan fingerprint density at radius 1 is 0.900 bits per heavy atom. The zero-order chi connectivity index (χ0) is 28.6. The zero-order valence-electron chi connectivity index (χ0n) is 23.4. The second kappa shape index (κ2) is 13.2. The van der Waals surface area contributed by atoms with E-state index in [0.717, 1.165) is 18.7 Å². The lowest BCUT2D eigenvalue weighted by atomic mass is 9.95. The van der Waals surface area contributed by atoms with E-state index in [1.54, 1.807) is 50.6 Å². The van der Waals surface area contributed by atoms with Crippen molar-refractivity contribution in [2.45, 2.75) is 26.5 Å². The molecule has 3 aromatic rings.